The summed E-state index contributed by atoms with van der Waals surface area (Å²) < 4.78 is 0. The molecule has 0 aliphatic heterocycles. The number of Topliss-reactive ketones (excluding diaryl/α,β-unsaturated/α-hetero) is 1. The first-order valence-electron chi connectivity index (χ1n) is 7.73. The molecule has 1 aliphatic rings. The second-order valence-electron chi connectivity index (χ2n) is 6.47. The summed E-state index contributed by atoms with van der Waals surface area (Å²) in [5, 5.41) is 15.5. The van der Waals surface area contributed by atoms with Crippen LogP contribution >= 0.6 is 0 Å². The number of carbonyl (C=O) groups excluding carboxylic acids is 2. The van der Waals surface area contributed by atoms with E-state index in [-0.39, 0.29) is 24.3 Å². The molecule has 2 rings (SSSR count). The predicted octanol–water partition coefficient (Wildman–Crippen LogP) is 2.73. The standard InChI is InChI=1S/C17H24N2O3/c1-11(2)17(3,22)10-18-16(21)19-13-8-7-12-5-4-6-15(20)14(12)9-13/h7-9,11,22H,4-6,10H2,1-3H3,(H2,18,19,21). The normalized spacial score (nSPS) is 16.9. The fraction of sp³-hybridized carbons (Fsp3) is 0.529. The minimum Gasteiger partial charge on any atom is -0.388 e. The van der Waals surface area contributed by atoms with Gasteiger partial charge in [0, 0.05) is 24.2 Å². The topological polar surface area (TPSA) is 78.4 Å². The van der Waals surface area contributed by atoms with Gasteiger partial charge in [0.05, 0.1) is 5.60 Å². The van der Waals surface area contributed by atoms with Gasteiger partial charge in [-0.3, -0.25) is 4.79 Å². The first kappa shape index (κ1) is 16.5. The number of urea groups is 1. The summed E-state index contributed by atoms with van der Waals surface area (Å²) in [6, 6.07) is 5.05. The van der Waals surface area contributed by atoms with Crippen LogP contribution in [0.25, 0.3) is 0 Å². The zero-order valence-corrected chi connectivity index (χ0v) is 13.4. The monoisotopic (exact) mass is 304 g/mol. The van der Waals surface area contributed by atoms with Crippen LogP contribution in [0, 0.1) is 5.92 Å². The number of carbonyl (C=O) groups is 2. The van der Waals surface area contributed by atoms with E-state index in [4.69, 9.17) is 0 Å². The fourth-order valence-electron chi connectivity index (χ4n) is 2.34. The highest BCUT2D eigenvalue weighted by Crippen LogP contribution is 2.24. The van der Waals surface area contributed by atoms with Crippen molar-refractivity contribution < 1.29 is 14.7 Å². The molecule has 0 fully saturated rings. The fourth-order valence-corrected chi connectivity index (χ4v) is 2.34. The van der Waals surface area contributed by atoms with Gasteiger partial charge in [-0.15, -0.1) is 0 Å². The van der Waals surface area contributed by atoms with Gasteiger partial charge >= 0.3 is 6.03 Å². The van der Waals surface area contributed by atoms with Crippen LogP contribution in [0.15, 0.2) is 18.2 Å². The summed E-state index contributed by atoms with van der Waals surface area (Å²) in [5.74, 6) is 0.169. The smallest absolute Gasteiger partial charge is 0.319 e. The van der Waals surface area contributed by atoms with Crippen molar-refractivity contribution in [2.45, 2.75) is 45.6 Å². The van der Waals surface area contributed by atoms with Gasteiger partial charge in [-0.2, -0.15) is 0 Å². The van der Waals surface area contributed by atoms with Crippen molar-refractivity contribution in [3.8, 4) is 0 Å². The van der Waals surface area contributed by atoms with E-state index in [0.717, 1.165) is 18.4 Å². The van der Waals surface area contributed by atoms with Gasteiger partial charge in [-0.1, -0.05) is 19.9 Å². The van der Waals surface area contributed by atoms with Gasteiger partial charge in [-0.25, -0.2) is 4.79 Å². The van der Waals surface area contributed by atoms with E-state index >= 15 is 0 Å². The van der Waals surface area contributed by atoms with E-state index in [1.807, 2.05) is 19.9 Å². The zero-order chi connectivity index (χ0) is 16.3. The van der Waals surface area contributed by atoms with Crippen molar-refractivity contribution in [3.05, 3.63) is 29.3 Å². The van der Waals surface area contributed by atoms with Crippen LogP contribution in [0.4, 0.5) is 10.5 Å². The summed E-state index contributed by atoms with van der Waals surface area (Å²) in [5.41, 5.74) is 1.39. The molecular formula is C17H24N2O3. The Hall–Kier alpha value is -1.88. The molecule has 5 heteroatoms. The lowest BCUT2D eigenvalue weighted by Crippen LogP contribution is -2.45. The number of hydrogen-bond donors (Lipinski definition) is 3. The molecule has 1 atom stereocenters. The summed E-state index contributed by atoms with van der Waals surface area (Å²) in [6.45, 7) is 5.65. The maximum atomic E-state index is 11.9. The molecular weight excluding hydrogens is 280 g/mol. The minimum atomic E-state index is -0.955. The molecule has 0 saturated carbocycles. The Morgan fingerprint density at radius 1 is 1.36 bits per heavy atom. The lowest BCUT2D eigenvalue weighted by Gasteiger charge is -2.27. The lowest BCUT2D eigenvalue weighted by molar-refractivity contribution is 0.0170. The van der Waals surface area contributed by atoms with Crippen molar-refractivity contribution in [1.29, 1.82) is 0 Å². The van der Waals surface area contributed by atoms with Crippen LogP contribution in [0.1, 0.15) is 49.5 Å². The Kier molecular flexibility index (Phi) is 4.86. The van der Waals surface area contributed by atoms with Crippen molar-refractivity contribution >= 4 is 17.5 Å². The number of nitrogens with one attached hydrogen (secondary N) is 2. The number of fused-ring (bicyclic) bond motifs is 1. The Labute approximate surface area is 131 Å². The van der Waals surface area contributed by atoms with Crippen LogP contribution in [0.3, 0.4) is 0 Å². The number of rotatable bonds is 4. The quantitative estimate of drug-likeness (QED) is 0.800. The summed E-state index contributed by atoms with van der Waals surface area (Å²) >= 11 is 0. The largest absolute Gasteiger partial charge is 0.388 e. The number of amides is 2. The molecule has 0 aromatic heterocycles. The van der Waals surface area contributed by atoms with E-state index in [0.29, 0.717) is 17.7 Å². The Bertz CT molecular complexity index is 579. The third kappa shape index (κ3) is 3.85. The Morgan fingerprint density at radius 2 is 2.09 bits per heavy atom. The molecule has 0 spiro atoms. The van der Waals surface area contributed by atoms with Gasteiger partial charge < -0.3 is 15.7 Å². The van der Waals surface area contributed by atoms with Gasteiger partial charge in [0.1, 0.15) is 0 Å². The van der Waals surface area contributed by atoms with Crippen LogP contribution in [-0.2, 0) is 6.42 Å². The van der Waals surface area contributed by atoms with E-state index in [1.54, 1.807) is 19.1 Å². The Balaban J connectivity index is 1.98. The third-order valence-corrected chi connectivity index (χ3v) is 4.37. The van der Waals surface area contributed by atoms with Gasteiger partial charge in [0.15, 0.2) is 5.78 Å². The third-order valence-electron chi connectivity index (χ3n) is 4.37. The van der Waals surface area contributed by atoms with Crippen molar-refractivity contribution in [2.75, 3.05) is 11.9 Å². The van der Waals surface area contributed by atoms with E-state index in [1.165, 1.54) is 0 Å². The second-order valence-corrected chi connectivity index (χ2v) is 6.47. The van der Waals surface area contributed by atoms with Crippen molar-refractivity contribution in [3.63, 3.8) is 0 Å². The molecule has 3 N–H and O–H groups in total. The molecule has 1 aromatic carbocycles. The molecule has 1 aliphatic carbocycles. The first-order valence-corrected chi connectivity index (χ1v) is 7.73. The number of ketones is 1. The molecule has 1 unspecified atom stereocenters. The number of hydrogen-bond acceptors (Lipinski definition) is 3. The second kappa shape index (κ2) is 6.48. The number of aryl methyl sites for hydroxylation is 1. The molecule has 1 aromatic rings. The van der Waals surface area contributed by atoms with Crippen LogP contribution in [0.2, 0.25) is 0 Å². The van der Waals surface area contributed by atoms with Crippen molar-refractivity contribution in [2.24, 2.45) is 5.92 Å². The SMILES string of the molecule is CC(C)C(C)(O)CNC(=O)Nc1ccc2c(c1)C(=O)CCC2. The van der Waals surface area contributed by atoms with Gasteiger partial charge in [0.2, 0.25) is 0 Å². The maximum absolute atomic E-state index is 11.9. The van der Waals surface area contributed by atoms with Gasteiger partial charge in [-0.05, 0) is 43.4 Å². The number of benzene rings is 1. The lowest BCUT2D eigenvalue weighted by atomic mass is 9.90. The van der Waals surface area contributed by atoms with Crippen molar-refractivity contribution in [1.82, 2.24) is 5.32 Å². The molecule has 120 valence electrons. The van der Waals surface area contributed by atoms with Crippen LogP contribution in [-0.4, -0.2) is 29.1 Å². The Morgan fingerprint density at radius 3 is 2.77 bits per heavy atom. The molecule has 5 nitrogen and oxygen atoms in total. The number of anilines is 1. The first-order chi connectivity index (χ1) is 10.3. The van der Waals surface area contributed by atoms with Crippen LogP contribution < -0.4 is 10.6 Å². The highest BCUT2D eigenvalue weighted by atomic mass is 16.3. The number of aliphatic hydroxyl groups is 1. The van der Waals surface area contributed by atoms with Crippen LogP contribution in [0.5, 0.6) is 0 Å². The summed E-state index contributed by atoms with van der Waals surface area (Å²) in [4.78, 5) is 23.8. The molecule has 0 bridgehead atoms. The average molecular weight is 304 g/mol. The summed E-state index contributed by atoms with van der Waals surface area (Å²) in [7, 11) is 0. The molecule has 0 radical (unpaired) electrons. The zero-order valence-electron chi connectivity index (χ0n) is 13.4. The maximum Gasteiger partial charge on any atom is 0.319 e. The highest BCUT2D eigenvalue weighted by molar-refractivity contribution is 6.00. The summed E-state index contributed by atoms with van der Waals surface area (Å²) in [6.07, 6.45) is 2.37. The molecule has 0 saturated heterocycles. The van der Waals surface area contributed by atoms with E-state index in [9.17, 15) is 14.7 Å². The molecule has 2 amide bonds. The van der Waals surface area contributed by atoms with E-state index in [2.05, 4.69) is 10.6 Å². The van der Waals surface area contributed by atoms with E-state index < -0.39 is 5.60 Å². The molecule has 0 heterocycles. The minimum absolute atomic E-state index is 0.0363. The van der Waals surface area contributed by atoms with Gasteiger partial charge in [0.25, 0.3) is 0 Å². The average Bonchev–Trinajstić information content (AvgIpc) is 2.46. The highest BCUT2D eigenvalue weighted by Gasteiger charge is 2.25. The predicted molar refractivity (Wildman–Crippen MR) is 86.2 cm³/mol. The molecule has 22 heavy (non-hydrogen) atoms.